The summed E-state index contributed by atoms with van der Waals surface area (Å²) in [7, 11) is 0. The van der Waals surface area contributed by atoms with E-state index in [0.29, 0.717) is 46.7 Å². The summed E-state index contributed by atoms with van der Waals surface area (Å²) in [6.45, 7) is 2.09. The number of nitrogens with zero attached hydrogens (tertiary/aromatic N) is 1. The van der Waals surface area contributed by atoms with Gasteiger partial charge in [0.25, 0.3) is 11.8 Å². The molecule has 1 fully saturated rings. The standard InChI is InChI=1S/C18H20ClN3O2S/c19-14-4-3-13(18(24)22-7-5-12(11-20)6-8-22)10-15(14)21-17(23)16-2-1-9-25-16/h1-4,9-10,12H,5-8,11,20H2,(H,21,23). The zero-order chi connectivity index (χ0) is 17.8. The predicted octanol–water partition coefficient (Wildman–Crippen LogP) is 3.46. The van der Waals surface area contributed by atoms with Crippen molar-refractivity contribution in [3.8, 4) is 0 Å². The summed E-state index contributed by atoms with van der Waals surface area (Å²) < 4.78 is 0. The first-order valence-corrected chi connectivity index (χ1v) is 9.48. The van der Waals surface area contributed by atoms with Crippen molar-refractivity contribution in [2.45, 2.75) is 12.8 Å². The van der Waals surface area contributed by atoms with Crippen LogP contribution in [0.4, 0.5) is 5.69 Å². The fraction of sp³-hybridized carbons (Fsp3) is 0.333. The average Bonchev–Trinajstić information content (AvgIpc) is 3.18. The highest BCUT2D eigenvalue weighted by molar-refractivity contribution is 7.12. The largest absolute Gasteiger partial charge is 0.339 e. The fourth-order valence-electron chi connectivity index (χ4n) is 2.90. The summed E-state index contributed by atoms with van der Waals surface area (Å²) in [6.07, 6.45) is 1.86. The number of likely N-dealkylation sites (tertiary alicyclic amines) is 1. The molecule has 132 valence electrons. The van der Waals surface area contributed by atoms with Crippen molar-refractivity contribution in [3.63, 3.8) is 0 Å². The molecule has 1 aliphatic rings. The topological polar surface area (TPSA) is 75.4 Å². The number of hydrogen-bond acceptors (Lipinski definition) is 4. The number of rotatable bonds is 4. The van der Waals surface area contributed by atoms with Crippen LogP contribution in [0.25, 0.3) is 0 Å². The number of nitrogens with one attached hydrogen (secondary N) is 1. The van der Waals surface area contributed by atoms with Gasteiger partial charge in [-0.05, 0) is 54.9 Å². The van der Waals surface area contributed by atoms with Gasteiger partial charge in [0.2, 0.25) is 0 Å². The molecule has 0 aliphatic carbocycles. The van der Waals surface area contributed by atoms with Crippen molar-refractivity contribution in [2.24, 2.45) is 11.7 Å². The van der Waals surface area contributed by atoms with Gasteiger partial charge in [0.05, 0.1) is 15.6 Å². The Balaban J connectivity index is 1.72. The molecule has 0 radical (unpaired) electrons. The molecule has 3 N–H and O–H groups in total. The molecule has 1 saturated heterocycles. The molecule has 7 heteroatoms. The van der Waals surface area contributed by atoms with Crippen LogP contribution in [0.15, 0.2) is 35.7 Å². The zero-order valence-corrected chi connectivity index (χ0v) is 15.3. The number of anilines is 1. The number of benzene rings is 1. The molecule has 0 bridgehead atoms. The Labute approximate surface area is 155 Å². The van der Waals surface area contributed by atoms with Crippen molar-refractivity contribution in [1.82, 2.24) is 4.90 Å². The van der Waals surface area contributed by atoms with Crippen LogP contribution in [0.3, 0.4) is 0 Å². The van der Waals surface area contributed by atoms with Crippen LogP contribution in [0.1, 0.15) is 32.9 Å². The van der Waals surface area contributed by atoms with Crippen LogP contribution >= 0.6 is 22.9 Å². The molecule has 25 heavy (non-hydrogen) atoms. The number of hydrogen-bond donors (Lipinski definition) is 2. The van der Waals surface area contributed by atoms with E-state index in [1.807, 2.05) is 16.3 Å². The van der Waals surface area contributed by atoms with E-state index in [0.717, 1.165) is 12.8 Å². The van der Waals surface area contributed by atoms with E-state index in [4.69, 9.17) is 17.3 Å². The normalized spacial score (nSPS) is 15.2. The smallest absolute Gasteiger partial charge is 0.265 e. The van der Waals surface area contributed by atoms with Crippen LogP contribution in [0.2, 0.25) is 5.02 Å². The third-order valence-corrected chi connectivity index (χ3v) is 5.64. The fourth-order valence-corrected chi connectivity index (χ4v) is 3.68. The molecule has 0 atom stereocenters. The molecule has 0 saturated carbocycles. The van der Waals surface area contributed by atoms with E-state index in [1.165, 1.54) is 11.3 Å². The van der Waals surface area contributed by atoms with E-state index in [-0.39, 0.29) is 11.8 Å². The predicted molar refractivity (Wildman–Crippen MR) is 101 cm³/mol. The van der Waals surface area contributed by atoms with Gasteiger partial charge < -0.3 is 16.0 Å². The van der Waals surface area contributed by atoms with Gasteiger partial charge >= 0.3 is 0 Å². The summed E-state index contributed by atoms with van der Waals surface area (Å²) in [5.74, 6) is 0.221. The summed E-state index contributed by atoms with van der Waals surface area (Å²) in [4.78, 5) is 27.4. The van der Waals surface area contributed by atoms with Crippen LogP contribution < -0.4 is 11.1 Å². The second-order valence-electron chi connectivity index (χ2n) is 6.10. The Bertz CT molecular complexity index is 756. The maximum Gasteiger partial charge on any atom is 0.265 e. The van der Waals surface area contributed by atoms with Crippen molar-refractivity contribution < 1.29 is 9.59 Å². The molecular weight excluding hydrogens is 358 g/mol. The van der Waals surface area contributed by atoms with Gasteiger partial charge in [-0.2, -0.15) is 0 Å². The molecule has 0 spiro atoms. The van der Waals surface area contributed by atoms with Gasteiger partial charge in [0.1, 0.15) is 0 Å². The van der Waals surface area contributed by atoms with Crippen molar-refractivity contribution >= 4 is 40.4 Å². The lowest BCUT2D eigenvalue weighted by Crippen LogP contribution is -2.40. The van der Waals surface area contributed by atoms with Gasteiger partial charge in [-0.1, -0.05) is 17.7 Å². The van der Waals surface area contributed by atoms with E-state index in [9.17, 15) is 9.59 Å². The van der Waals surface area contributed by atoms with E-state index >= 15 is 0 Å². The molecule has 1 aliphatic heterocycles. The van der Waals surface area contributed by atoms with E-state index in [2.05, 4.69) is 5.32 Å². The maximum absolute atomic E-state index is 12.7. The Morgan fingerprint density at radius 2 is 2.04 bits per heavy atom. The Hall–Kier alpha value is -1.89. The molecule has 2 aromatic rings. The number of thiophene rings is 1. The van der Waals surface area contributed by atoms with Crippen LogP contribution in [-0.2, 0) is 0 Å². The first-order valence-electron chi connectivity index (χ1n) is 8.22. The van der Waals surface area contributed by atoms with Crippen molar-refractivity contribution in [1.29, 1.82) is 0 Å². The minimum Gasteiger partial charge on any atom is -0.339 e. The molecule has 2 amide bonds. The van der Waals surface area contributed by atoms with Gasteiger partial charge in [-0.25, -0.2) is 0 Å². The second kappa shape index (κ2) is 7.99. The highest BCUT2D eigenvalue weighted by Crippen LogP contribution is 2.26. The highest BCUT2D eigenvalue weighted by Gasteiger charge is 2.23. The lowest BCUT2D eigenvalue weighted by molar-refractivity contribution is 0.0693. The maximum atomic E-state index is 12.7. The quantitative estimate of drug-likeness (QED) is 0.856. The molecular formula is C18H20ClN3O2S. The molecule has 3 rings (SSSR count). The third-order valence-electron chi connectivity index (χ3n) is 4.44. The highest BCUT2D eigenvalue weighted by atomic mass is 35.5. The molecule has 1 aromatic carbocycles. The van der Waals surface area contributed by atoms with Crippen molar-refractivity contribution in [3.05, 3.63) is 51.2 Å². The van der Waals surface area contributed by atoms with E-state index in [1.54, 1.807) is 24.3 Å². The molecule has 0 unspecified atom stereocenters. The second-order valence-corrected chi connectivity index (χ2v) is 7.45. The van der Waals surface area contributed by atoms with E-state index < -0.39 is 0 Å². The number of carbonyl (C=O) groups is 2. The van der Waals surface area contributed by atoms with Gasteiger partial charge in [-0.3, -0.25) is 9.59 Å². The van der Waals surface area contributed by atoms with Crippen LogP contribution in [0, 0.1) is 5.92 Å². The average molecular weight is 378 g/mol. The molecule has 2 heterocycles. The summed E-state index contributed by atoms with van der Waals surface area (Å²) in [6, 6.07) is 8.54. The first kappa shape index (κ1) is 17.9. The minimum atomic E-state index is -0.231. The number of halogens is 1. The van der Waals surface area contributed by atoms with Crippen molar-refractivity contribution in [2.75, 3.05) is 25.0 Å². The Kier molecular flexibility index (Phi) is 5.73. The van der Waals surface area contributed by atoms with Gasteiger partial charge in [-0.15, -0.1) is 11.3 Å². The van der Waals surface area contributed by atoms with Crippen LogP contribution in [0.5, 0.6) is 0 Å². The molecule has 5 nitrogen and oxygen atoms in total. The SMILES string of the molecule is NCC1CCN(C(=O)c2ccc(Cl)c(NC(=O)c3cccs3)c2)CC1. The number of nitrogens with two attached hydrogens (primary N) is 1. The lowest BCUT2D eigenvalue weighted by atomic mass is 9.96. The summed E-state index contributed by atoms with van der Waals surface area (Å²) in [5.41, 5.74) is 6.67. The first-order chi connectivity index (χ1) is 12.1. The van der Waals surface area contributed by atoms with Crippen LogP contribution in [-0.4, -0.2) is 36.3 Å². The zero-order valence-electron chi connectivity index (χ0n) is 13.7. The number of amides is 2. The molecule has 1 aromatic heterocycles. The number of piperidine rings is 1. The monoisotopic (exact) mass is 377 g/mol. The summed E-state index contributed by atoms with van der Waals surface area (Å²) >= 11 is 7.53. The Morgan fingerprint density at radius 1 is 1.28 bits per heavy atom. The minimum absolute atomic E-state index is 0.0428. The third kappa shape index (κ3) is 4.21. The lowest BCUT2D eigenvalue weighted by Gasteiger charge is -2.31. The van der Waals surface area contributed by atoms with Gasteiger partial charge in [0, 0.05) is 18.7 Å². The van der Waals surface area contributed by atoms with Gasteiger partial charge in [0.15, 0.2) is 0 Å². The number of carbonyl (C=O) groups excluding carboxylic acids is 2. The summed E-state index contributed by atoms with van der Waals surface area (Å²) in [5, 5.41) is 5.02. The Morgan fingerprint density at radius 3 is 2.68 bits per heavy atom.